The molecule has 0 aliphatic rings. The van der Waals surface area contributed by atoms with Gasteiger partial charge in [-0.25, -0.2) is 0 Å². The second-order valence-electron chi connectivity index (χ2n) is 8.01. The number of carbonyl (C=O) groups excluding carboxylic acids is 1. The van der Waals surface area contributed by atoms with Crippen molar-refractivity contribution < 1.29 is 91.8 Å². The first-order valence-electron chi connectivity index (χ1n) is 11.7. The summed E-state index contributed by atoms with van der Waals surface area (Å²) < 4.78 is 36.5. The van der Waals surface area contributed by atoms with E-state index in [-0.39, 0.29) is 65.7 Å². The number of nitrogens with zero attached hydrogens (tertiary/aromatic N) is 1. The van der Waals surface area contributed by atoms with E-state index in [9.17, 15) is 23.4 Å². The van der Waals surface area contributed by atoms with Gasteiger partial charge in [0.05, 0.1) is 0 Å². The van der Waals surface area contributed by atoms with Gasteiger partial charge in [0.15, 0.2) is 0 Å². The van der Waals surface area contributed by atoms with E-state index in [0.29, 0.717) is 19.6 Å². The van der Waals surface area contributed by atoms with Gasteiger partial charge in [-0.05, 0) is 18.7 Å². The van der Waals surface area contributed by atoms with Crippen molar-refractivity contribution in [3.8, 4) is 0 Å². The molecule has 1 N–H and O–H groups in total. The molecule has 0 aliphatic heterocycles. The molecule has 184 valence electrons. The molecule has 0 aromatic heterocycles. The molecule has 0 spiro atoms. The molecule has 0 aromatic carbocycles. The van der Waals surface area contributed by atoms with E-state index in [1.165, 1.54) is 70.6 Å². The van der Waals surface area contributed by atoms with Gasteiger partial charge in [-0.3, -0.25) is 4.55 Å². The van der Waals surface area contributed by atoms with E-state index < -0.39 is 33.7 Å². The van der Waals surface area contributed by atoms with Crippen LogP contribution < -0.4 is 69.3 Å². The van der Waals surface area contributed by atoms with E-state index in [2.05, 4.69) is 11.9 Å². The molecule has 0 saturated carbocycles. The Balaban J connectivity index is -0.00000450. The fraction of sp³-hybridized carbons (Fsp3) is 0.909. The number of unbranched alkanes of at least 4 members (excludes halogenated alkanes) is 12. The van der Waals surface area contributed by atoms with Gasteiger partial charge >= 0.3 is 59.1 Å². The minimum Gasteiger partial charge on any atom is -0.861 e. The minimum atomic E-state index is -4.83. The van der Waals surface area contributed by atoms with Crippen LogP contribution in [0.15, 0.2) is 4.99 Å². The molecule has 33 heavy (non-hydrogen) atoms. The number of aliphatic carboxylic acids is 1. The van der Waals surface area contributed by atoms with Gasteiger partial charge in [0, 0.05) is 32.1 Å². The van der Waals surface area contributed by atoms with Gasteiger partial charge in [0.1, 0.15) is 5.25 Å². The summed E-state index contributed by atoms with van der Waals surface area (Å²) in [5, 5.41) is 20.1. The first-order chi connectivity index (χ1) is 14.8. The quantitative estimate of drug-likeness (QED) is 0.0529. The topological polar surface area (TPSA) is 139 Å². The van der Waals surface area contributed by atoms with Gasteiger partial charge in [0.2, 0.25) is 0 Å². The van der Waals surface area contributed by atoms with Crippen molar-refractivity contribution in [3.05, 3.63) is 0 Å². The maximum absolute atomic E-state index is 11.7. The van der Waals surface area contributed by atoms with Crippen LogP contribution in [0.1, 0.15) is 103 Å². The molecule has 11 heteroatoms. The van der Waals surface area contributed by atoms with Crippen LogP contribution in [0.25, 0.3) is 0 Å². The van der Waals surface area contributed by atoms with Crippen LogP contribution in [0.2, 0.25) is 0 Å². The Morgan fingerprint density at radius 3 is 1.67 bits per heavy atom. The zero-order valence-electron chi connectivity index (χ0n) is 21.1. The molecule has 0 aliphatic carbocycles. The molecule has 0 radical (unpaired) electrons. The number of carboxylic acids is 1. The molecule has 0 fully saturated rings. The summed E-state index contributed by atoms with van der Waals surface area (Å²) in [6.07, 6.45) is 16.0. The van der Waals surface area contributed by atoms with E-state index >= 15 is 0 Å². The molecule has 0 heterocycles. The molecule has 0 bridgehead atoms. The van der Waals surface area contributed by atoms with Crippen molar-refractivity contribution >= 4 is 22.0 Å². The standard InChI is InChI=1S/C22H43NO7S.2Na/c1-2-3-4-5-6-7-8-9-10-11-12-13-14-17-30-18-15-16-23-22(26)20(19-21(24)25)31(27,28)29;;/h20H,2-19H2,1H3,(H,23,26)(H,24,25)(H,27,28,29);;/q;2*+1/p-2. The normalized spacial score (nSPS) is 12.6. The van der Waals surface area contributed by atoms with Crippen molar-refractivity contribution in [1.29, 1.82) is 0 Å². The molecule has 1 unspecified atom stereocenters. The fourth-order valence-electron chi connectivity index (χ4n) is 3.25. The second kappa shape index (κ2) is 25.9. The van der Waals surface area contributed by atoms with Crippen LogP contribution in [-0.4, -0.2) is 49.8 Å². The van der Waals surface area contributed by atoms with Gasteiger partial charge in [-0.15, -0.1) is 0 Å². The van der Waals surface area contributed by atoms with E-state index in [0.717, 1.165) is 12.8 Å². The molecule has 0 rings (SSSR count). The monoisotopic (exact) mass is 509 g/mol. The summed E-state index contributed by atoms with van der Waals surface area (Å²) in [6.45, 7) is 3.26. The van der Waals surface area contributed by atoms with E-state index in [1.807, 2.05) is 0 Å². The maximum atomic E-state index is 11.7. The van der Waals surface area contributed by atoms with E-state index in [1.54, 1.807) is 0 Å². The first kappa shape index (κ1) is 38.3. The zero-order valence-corrected chi connectivity index (χ0v) is 25.9. The predicted octanol–water partition coefficient (Wildman–Crippen LogP) is -3.35. The van der Waals surface area contributed by atoms with Gasteiger partial charge in [-0.1, -0.05) is 84.0 Å². The molecular formula is C22H41NNa2O7S. The van der Waals surface area contributed by atoms with Crippen molar-refractivity contribution in [2.75, 3.05) is 19.8 Å². The SMILES string of the molecule is CCCCCCCCCCCCCCCOCCCN=C([O-])C(CC(=O)[O-])S(=O)(=O)O.[Na+].[Na+]. The van der Waals surface area contributed by atoms with Gasteiger partial charge in [-0.2, -0.15) is 8.42 Å². The van der Waals surface area contributed by atoms with Crippen LogP contribution in [-0.2, 0) is 19.6 Å². The minimum absolute atomic E-state index is 0. The third-order valence-corrected chi connectivity index (χ3v) is 6.18. The largest absolute Gasteiger partial charge is 1.00 e. The molecule has 0 aromatic rings. The molecule has 0 saturated heterocycles. The Morgan fingerprint density at radius 2 is 1.24 bits per heavy atom. The van der Waals surface area contributed by atoms with Crippen LogP contribution in [0.3, 0.4) is 0 Å². The third kappa shape index (κ3) is 25.7. The summed E-state index contributed by atoms with van der Waals surface area (Å²) in [7, 11) is -4.83. The first-order valence-corrected chi connectivity index (χ1v) is 13.2. The average molecular weight is 510 g/mol. The number of ether oxygens (including phenoxy) is 1. The third-order valence-electron chi connectivity index (χ3n) is 5.09. The Morgan fingerprint density at radius 1 is 0.818 bits per heavy atom. The number of carboxylic acid groups (broad SMARTS) is 1. The number of rotatable bonds is 22. The predicted molar refractivity (Wildman–Crippen MR) is 118 cm³/mol. The Kier molecular flexibility index (Phi) is 30.1. The summed E-state index contributed by atoms with van der Waals surface area (Å²) in [6, 6.07) is 0. The number of aliphatic imine (C=N–C) groups is 1. The molecular weight excluding hydrogens is 468 g/mol. The van der Waals surface area contributed by atoms with Crippen LogP contribution in [0, 0.1) is 0 Å². The fourth-order valence-corrected chi connectivity index (χ4v) is 3.93. The smallest absolute Gasteiger partial charge is 0.861 e. The number of carbonyl (C=O) groups is 1. The molecule has 1 atom stereocenters. The molecule has 0 amide bonds. The molecule has 8 nitrogen and oxygen atoms in total. The summed E-state index contributed by atoms with van der Waals surface area (Å²) in [4.78, 5) is 14.0. The summed E-state index contributed by atoms with van der Waals surface area (Å²) >= 11 is 0. The average Bonchev–Trinajstić information content (AvgIpc) is 2.70. The Labute approximate surface area is 245 Å². The van der Waals surface area contributed by atoms with Crippen LogP contribution >= 0.6 is 0 Å². The number of hydrogen-bond acceptors (Lipinski definition) is 7. The van der Waals surface area contributed by atoms with Gasteiger partial charge < -0.3 is 24.7 Å². The van der Waals surface area contributed by atoms with Gasteiger partial charge in [0.25, 0.3) is 10.1 Å². The van der Waals surface area contributed by atoms with Crippen molar-refractivity contribution in [3.63, 3.8) is 0 Å². The Hall–Kier alpha value is 0.810. The maximum Gasteiger partial charge on any atom is 1.00 e. The van der Waals surface area contributed by atoms with Crippen molar-refractivity contribution in [2.45, 2.75) is 108 Å². The summed E-state index contributed by atoms with van der Waals surface area (Å²) in [5.41, 5.74) is 0. The zero-order chi connectivity index (χ0) is 23.4. The summed E-state index contributed by atoms with van der Waals surface area (Å²) in [5.74, 6) is -2.92. The van der Waals surface area contributed by atoms with Crippen molar-refractivity contribution in [1.82, 2.24) is 0 Å². The number of hydrogen-bond donors (Lipinski definition) is 1. The Bertz CT molecular complexity index is 589. The van der Waals surface area contributed by atoms with Crippen LogP contribution in [0.4, 0.5) is 0 Å². The van der Waals surface area contributed by atoms with Crippen LogP contribution in [0.5, 0.6) is 0 Å². The van der Waals surface area contributed by atoms with Crippen molar-refractivity contribution in [2.24, 2.45) is 4.99 Å². The van der Waals surface area contributed by atoms with E-state index in [4.69, 9.17) is 9.29 Å². The second-order valence-corrected chi connectivity index (χ2v) is 9.61.